The molecule has 21 heavy (non-hydrogen) atoms. The van der Waals surface area contributed by atoms with E-state index in [0.717, 1.165) is 58.1 Å². The molecule has 0 radical (unpaired) electrons. The maximum absolute atomic E-state index is 12.4. The van der Waals surface area contributed by atoms with Crippen molar-refractivity contribution in [1.82, 2.24) is 4.90 Å². The highest BCUT2D eigenvalue weighted by molar-refractivity contribution is 5.80. The van der Waals surface area contributed by atoms with Gasteiger partial charge in [0.1, 0.15) is 0 Å². The number of rotatable bonds is 6. The van der Waals surface area contributed by atoms with Crippen molar-refractivity contribution in [3.05, 3.63) is 0 Å². The summed E-state index contributed by atoms with van der Waals surface area (Å²) in [7, 11) is 0. The average molecular weight is 293 g/mol. The van der Waals surface area contributed by atoms with Gasteiger partial charge in [-0.2, -0.15) is 0 Å². The van der Waals surface area contributed by atoms with Gasteiger partial charge in [0, 0.05) is 38.1 Å². The smallest absolute Gasteiger partial charge is 0.225 e. The molecule has 2 aliphatic heterocycles. The molecule has 4 heteroatoms. The van der Waals surface area contributed by atoms with Crippen molar-refractivity contribution in [2.75, 3.05) is 32.9 Å². The van der Waals surface area contributed by atoms with Crippen molar-refractivity contribution in [3.8, 4) is 0 Å². The summed E-state index contributed by atoms with van der Waals surface area (Å²) in [5.41, 5.74) is 0. The zero-order valence-electron chi connectivity index (χ0n) is 12.8. The number of fused-ring (bicyclic) bond motifs is 1. The van der Waals surface area contributed by atoms with E-state index in [2.05, 4.69) is 4.90 Å². The first-order valence-electron chi connectivity index (χ1n) is 8.79. The Balaban J connectivity index is 1.23. The van der Waals surface area contributed by atoms with E-state index in [-0.39, 0.29) is 0 Å². The monoisotopic (exact) mass is 293 g/mol. The van der Waals surface area contributed by atoms with Crippen LogP contribution < -0.4 is 0 Å². The normalized spacial score (nSPS) is 35.8. The lowest BCUT2D eigenvalue weighted by Gasteiger charge is -2.29. The predicted molar refractivity (Wildman–Crippen MR) is 78.8 cm³/mol. The Morgan fingerprint density at radius 1 is 1.19 bits per heavy atom. The molecule has 4 nitrogen and oxygen atoms in total. The first kappa shape index (κ1) is 14.0. The third-order valence-corrected chi connectivity index (χ3v) is 5.89. The molecular formula is C17H27NO3. The summed E-state index contributed by atoms with van der Waals surface area (Å²) in [5, 5.41) is 0. The van der Waals surface area contributed by atoms with Crippen molar-refractivity contribution < 1.29 is 14.3 Å². The highest BCUT2D eigenvalue weighted by atomic mass is 16.5. The second-order valence-corrected chi connectivity index (χ2v) is 7.47. The Hall–Kier alpha value is -0.610. The fourth-order valence-electron chi connectivity index (χ4n) is 3.96. The summed E-state index contributed by atoms with van der Waals surface area (Å²) in [6.07, 6.45) is 7.54. The van der Waals surface area contributed by atoms with Crippen molar-refractivity contribution in [2.45, 2.75) is 44.6 Å². The maximum Gasteiger partial charge on any atom is 0.225 e. The second kappa shape index (κ2) is 5.88. The SMILES string of the molecule is O=C(C1CCC1)N1C[C@H]2[C@@H](CCOCC3CC3)CO[C@H]2C1. The zero-order chi connectivity index (χ0) is 14.2. The largest absolute Gasteiger partial charge is 0.381 e. The molecule has 3 atom stereocenters. The van der Waals surface area contributed by atoms with Gasteiger partial charge in [0.15, 0.2) is 0 Å². The molecule has 4 aliphatic rings. The minimum atomic E-state index is 0.294. The Labute approximate surface area is 127 Å². The first-order chi connectivity index (χ1) is 10.3. The second-order valence-electron chi connectivity index (χ2n) is 7.47. The summed E-state index contributed by atoms with van der Waals surface area (Å²) in [5.74, 6) is 2.71. The van der Waals surface area contributed by atoms with Crippen LogP contribution >= 0.6 is 0 Å². The number of nitrogens with zero attached hydrogens (tertiary/aromatic N) is 1. The first-order valence-corrected chi connectivity index (χ1v) is 8.79. The van der Waals surface area contributed by atoms with E-state index in [9.17, 15) is 4.79 Å². The number of carbonyl (C=O) groups is 1. The molecule has 0 bridgehead atoms. The Bertz CT molecular complexity index is 391. The van der Waals surface area contributed by atoms with E-state index in [1.807, 2.05) is 0 Å². The van der Waals surface area contributed by atoms with Crippen molar-refractivity contribution in [2.24, 2.45) is 23.7 Å². The summed E-state index contributed by atoms with van der Waals surface area (Å²) in [6, 6.07) is 0. The lowest BCUT2D eigenvalue weighted by atomic mass is 9.84. The van der Waals surface area contributed by atoms with Gasteiger partial charge < -0.3 is 14.4 Å². The third kappa shape index (κ3) is 2.98. The van der Waals surface area contributed by atoms with Gasteiger partial charge in [0.25, 0.3) is 0 Å². The minimum absolute atomic E-state index is 0.294. The molecular weight excluding hydrogens is 266 g/mol. The van der Waals surface area contributed by atoms with Gasteiger partial charge in [-0.05, 0) is 43.9 Å². The molecule has 0 spiro atoms. The van der Waals surface area contributed by atoms with Crippen LogP contribution in [0.5, 0.6) is 0 Å². The summed E-state index contributed by atoms with van der Waals surface area (Å²) in [4.78, 5) is 14.4. The summed E-state index contributed by atoms with van der Waals surface area (Å²) >= 11 is 0. The number of hydrogen-bond donors (Lipinski definition) is 0. The number of carbonyl (C=O) groups excluding carboxylic acids is 1. The van der Waals surface area contributed by atoms with Crippen molar-refractivity contribution >= 4 is 5.91 Å². The molecule has 0 aromatic rings. The molecule has 0 unspecified atom stereocenters. The van der Waals surface area contributed by atoms with E-state index in [1.165, 1.54) is 19.3 Å². The van der Waals surface area contributed by atoms with Gasteiger partial charge >= 0.3 is 0 Å². The fourth-order valence-corrected chi connectivity index (χ4v) is 3.96. The molecule has 4 fully saturated rings. The molecule has 118 valence electrons. The highest BCUT2D eigenvalue weighted by Gasteiger charge is 2.46. The number of amides is 1. The Kier molecular flexibility index (Phi) is 3.92. The van der Waals surface area contributed by atoms with Crippen LogP contribution in [0.1, 0.15) is 38.5 Å². The molecule has 0 aromatic heterocycles. The van der Waals surface area contributed by atoms with Gasteiger partial charge in [0.05, 0.1) is 12.7 Å². The average Bonchev–Trinajstić information content (AvgIpc) is 3.01. The van der Waals surface area contributed by atoms with Crippen LogP contribution in [-0.2, 0) is 14.3 Å². The fraction of sp³-hybridized carbons (Fsp3) is 0.941. The molecule has 2 saturated carbocycles. The summed E-state index contributed by atoms with van der Waals surface area (Å²) < 4.78 is 11.7. The number of hydrogen-bond acceptors (Lipinski definition) is 3. The van der Waals surface area contributed by atoms with Gasteiger partial charge in [-0.25, -0.2) is 0 Å². The minimum Gasteiger partial charge on any atom is -0.381 e. The van der Waals surface area contributed by atoms with Crippen molar-refractivity contribution in [1.29, 1.82) is 0 Å². The van der Waals surface area contributed by atoms with Gasteiger partial charge in [0.2, 0.25) is 5.91 Å². The molecule has 2 heterocycles. The zero-order valence-corrected chi connectivity index (χ0v) is 12.8. The Morgan fingerprint density at radius 3 is 2.76 bits per heavy atom. The van der Waals surface area contributed by atoms with Gasteiger partial charge in [-0.1, -0.05) is 6.42 Å². The topological polar surface area (TPSA) is 38.8 Å². The van der Waals surface area contributed by atoms with Crippen LogP contribution in [-0.4, -0.2) is 49.8 Å². The molecule has 2 saturated heterocycles. The van der Waals surface area contributed by atoms with E-state index < -0.39 is 0 Å². The highest BCUT2D eigenvalue weighted by Crippen LogP contribution is 2.38. The van der Waals surface area contributed by atoms with Crippen LogP contribution in [0.3, 0.4) is 0 Å². The number of ether oxygens (including phenoxy) is 2. The summed E-state index contributed by atoms with van der Waals surface area (Å²) in [6.45, 7) is 4.44. The number of likely N-dealkylation sites (tertiary alicyclic amines) is 1. The Morgan fingerprint density at radius 2 is 2.05 bits per heavy atom. The van der Waals surface area contributed by atoms with Crippen LogP contribution in [0.25, 0.3) is 0 Å². The molecule has 4 rings (SSSR count). The molecule has 1 amide bonds. The van der Waals surface area contributed by atoms with Crippen LogP contribution in [0.15, 0.2) is 0 Å². The maximum atomic E-state index is 12.4. The molecule has 0 N–H and O–H groups in total. The van der Waals surface area contributed by atoms with Crippen molar-refractivity contribution in [3.63, 3.8) is 0 Å². The van der Waals surface area contributed by atoms with Gasteiger partial charge in [-0.3, -0.25) is 4.79 Å². The lowest BCUT2D eigenvalue weighted by Crippen LogP contribution is -2.38. The van der Waals surface area contributed by atoms with E-state index >= 15 is 0 Å². The van der Waals surface area contributed by atoms with Crippen LogP contribution in [0.2, 0.25) is 0 Å². The lowest BCUT2D eigenvalue weighted by molar-refractivity contribution is -0.137. The van der Waals surface area contributed by atoms with E-state index in [0.29, 0.717) is 29.8 Å². The predicted octanol–water partition coefficient (Wildman–Crippen LogP) is 2.08. The van der Waals surface area contributed by atoms with Crippen LogP contribution in [0.4, 0.5) is 0 Å². The molecule has 2 aliphatic carbocycles. The quantitative estimate of drug-likeness (QED) is 0.704. The standard InChI is InChI=1S/C17H27NO3/c19-17(13-2-1-3-13)18-8-15-14(11-21-16(15)9-18)6-7-20-10-12-4-5-12/h12-16H,1-11H2/t14-,15-,16-/m0/s1. The van der Waals surface area contributed by atoms with Gasteiger partial charge in [-0.15, -0.1) is 0 Å². The van der Waals surface area contributed by atoms with Crippen LogP contribution in [0, 0.1) is 23.7 Å². The van der Waals surface area contributed by atoms with E-state index in [4.69, 9.17) is 9.47 Å². The van der Waals surface area contributed by atoms with E-state index in [1.54, 1.807) is 0 Å². The third-order valence-electron chi connectivity index (χ3n) is 5.89. The molecule has 0 aromatic carbocycles.